The molecule has 4 heteroatoms. The summed E-state index contributed by atoms with van der Waals surface area (Å²) in [4.78, 5) is 14.7. The highest BCUT2D eigenvalue weighted by Crippen LogP contribution is 2.05. The maximum absolute atomic E-state index is 10.8. The lowest BCUT2D eigenvalue weighted by Crippen LogP contribution is -2.03. The van der Waals surface area contributed by atoms with Crippen LogP contribution in [-0.4, -0.2) is 18.1 Å². The van der Waals surface area contributed by atoms with Gasteiger partial charge in [-0.1, -0.05) is 0 Å². The normalized spacial score (nSPS) is 11.0. The van der Waals surface area contributed by atoms with Crippen LogP contribution in [0.15, 0.2) is 30.6 Å². The van der Waals surface area contributed by atoms with Crippen LogP contribution in [0.4, 0.5) is 0 Å². The van der Waals surface area contributed by atoms with Crippen LogP contribution in [-0.2, 0) is 9.53 Å². The van der Waals surface area contributed by atoms with E-state index in [2.05, 4.69) is 9.72 Å². The minimum absolute atomic E-state index is 0.347. The Balaban J connectivity index is 2.85. The number of ether oxygens (including phenoxy) is 1. The van der Waals surface area contributed by atoms with E-state index in [0.29, 0.717) is 11.3 Å². The molecule has 0 saturated carbocycles. The van der Waals surface area contributed by atoms with E-state index < -0.39 is 5.97 Å². The van der Waals surface area contributed by atoms with Gasteiger partial charge in [-0.2, -0.15) is 0 Å². The average molecular weight is 178 g/mol. The van der Waals surface area contributed by atoms with Gasteiger partial charge in [-0.25, -0.2) is 4.79 Å². The first-order valence-corrected chi connectivity index (χ1v) is 3.69. The van der Waals surface area contributed by atoms with E-state index in [4.69, 9.17) is 5.73 Å². The van der Waals surface area contributed by atoms with Crippen LogP contribution >= 0.6 is 0 Å². The summed E-state index contributed by atoms with van der Waals surface area (Å²) in [7, 11) is 1.30. The van der Waals surface area contributed by atoms with Gasteiger partial charge < -0.3 is 10.5 Å². The SMILES string of the molecule is COC(=O)/C=C(\N)c1cccnc1. The fourth-order valence-corrected chi connectivity index (χ4v) is 0.803. The lowest BCUT2D eigenvalue weighted by atomic mass is 10.2. The molecule has 0 aliphatic carbocycles. The van der Waals surface area contributed by atoms with Crippen molar-refractivity contribution in [3.63, 3.8) is 0 Å². The summed E-state index contributed by atoms with van der Waals surface area (Å²) in [5.41, 5.74) is 6.64. The van der Waals surface area contributed by atoms with Crippen molar-refractivity contribution in [3.8, 4) is 0 Å². The number of esters is 1. The molecular formula is C9H10N2O2. The largest absolute Gasteiger partial charge is 0.466 e. The minimum atomic E-state index is -0.471. The molecular weight excluding hydrogens is 168 g/mol. The fourth-order valence-electron chi connectivity index (χ4n) is 0.803. The molecule has 0 amide bonds. The number of hydrogen-bond acceptors (Lipinski definition) is 4. The van der Waals surface area contributed by atoms with Crippen molar-refractivity contribution >= 4 is 11.7 Å². The van der Waals surface area contributed by atoms with Gasteiger partial charge in [0.15, 0.2) is 0 Å². The predicted octanol–water partition coefficient (Wildman–Crippen LogP) is 0.554. The number of carbonyl (C=O) groups excluding carboxylic acids is 1. The van der Waals surface area contributed by atoms with Gasteiger partial charge >= 0.3 is 5.97 Å². The van der Waals surface area contributed by atoms with Gasteiger partial charge in [0.05, 0.1) is 7.11 Å². The molecule has 0 atom stereocenters. The Morgan fingerprint density at radius 3 is 3.00 bits per heavy atom. The van der Waals surface area contributed by atoms with Crippen molar-refractivity contribution in [2.45, 2.75) is 0 Å². The third kappa shape index (κ3) is 2.59. The van der Waals surface area contributed by atoms with E-state index in [1.54, 1.807) is 24.5 Å². The summed E-state index contributed by atoms with van der Waals surface area (Å²) in [6, 6.07) is 3.51. The van der Waals surface area contributed by atoms with E-state index in [1.165, 1.54) is 13.2 Å². The molecule has 13 heavy (non-hydrogen) atoms. The first-order valence-electron chi connectivity index (χ1n) is 3.69. The highest BCUT2D eigenvalue weighted by molar-refractivity contribution is 5.90. The number of nitrogens with zero attached hydrogens (tertiary/aromatic N) is 1. The van der Waals surface area contributed by atoms with Crippen molar-refractivity contribution in [1.82, 2.24) is 4.98 Å². The molecule has 1 heterocycles. The Morgan fingerprint density at radius 2 is 2.46 bits per heavy atom. The highest BCUT2D eigenvalue weighted by Gasteiger charge is 1.99. The summed E-state index contributed by atoms with van der Waals surface area (Å²) in [5.74, 6) is -0.471. The number of hydrogen-bond donors (Lipinski definition) is 1. The second-order valence-corrected chi connectivity index (χ2v) is 2.36. The second kappa shape index (κ2) is 4.25. The van der Waals surface area contributed by atoms with Crippen LogP contribution in [0.25, 0.3) is 5.70 Å². The fraction of sp³-hybridized carbons (Fsp3) is 0.111. The van der Waals surface area contributed by atoms with E-state index in [1.807, 2.05) is 0 Å². The standard InChI is InChI=1S/C9H10N2O2/c1-13-9(12)5-8(10)7-3-2-4-11-6-7/h2-6H,10H2,1H3/b8-5-. The van der Waals surface area contributed by atoms with Crippen LogP contribution in [0.2, 0.25) is 0 Å². The van der Waals surface area contributed by atoms with Gasteiger partial charge in [0.1, 0.15) is 0 Å². The second-order valence-electron chi connectivity index (χ2n) is 2.36. The van der Waals surface area contributed by atoms with Crippen LogP contribution in [0, 0.1) is 0 Å². The lowest BCUT2D eigenvalue weighted by molar-refractivity contribution is -0.134. The minimum Gasteiger partial charge on any atom is -0.466 e. The van der Waals surface area contributed by atoms with Gasteiger partial charge in [0, 0.05) is 29.7 Å². The molecule has 0 aromatic carbocycles. The third-order valence-corrected chi connectivity index (χ3v) is 1.47. The number of nitrogens with two attached hydrogens (primary N) is 1. The van der Waals surface area contributed by atoms with Crippen molar-refractivity contribution < 1.29 is 9.53 Å². The van der Waals surface area contributed by atoms with Crippen molar-refractivity contribution in [3.05, 3.63) is 36.2 Å². The molecule has 0 fully saturated rings. The molecule has 0 unspecified atom stereocenters. The summed E-state index contributed by atoms with van der Waals surface area (Å²) >= 11 is 0. The Hall–Kier alpha value is -1.84. The molecule has 68 valence electrons. The molecule has 2 N–H and O–H groups in total. The van der Waals surface area contributed by atoms with Crippen LogP contribution in [0.1, 0.15) is 5.56 Å². The zero-order chi connectivity index (χ0) is 9.68. The number of carbonyl (C=O) groups is 1. The third-order valence-electron chi connectivity index (χ3n) is 1.47. The number of aromatic nitrogens is 1. The first-order chi connectivity index (χ1) is 6.24. The van der Waals surface area contributed by atoms with Gasteiger partial charge in [-0.3, -0.25) is 4.98 Å². The maximum atomic E-state index is 10.8. The quantitative estimate of drug-likeness (QED) is 0.530. The Labute approximate surface area is 76.0 Å². The Bertz CT molecular complexity index is 320. The molecule has 0 bridgehead atoms. The molecule has 0 saturated heterocycles. The van der Waals surface area contributed by atoms with Crippen LogP contribution in [0.3, 0.4) is 0 Å². The van der Waals surface area contributed by atoms with Crippen LogP contribution < -0.4 is 5.73 Å². The van der Waals surface area contributed by atoms with E-state index in [9.17, 15) is 4.79 Å². The number of methoxy groups -OCH3 is 1. The topological polar surface area (TPSA) is 65.2 Å². The summed E-state index contributed by atoms with van der Waals surface area (Å²) in [5, 5.41) is 0. The Morgan fingerprint density at radius 1 is 1.69 bits per heavy atom. The zero-order valence-corrected chi connectivity index (χ0v) is 7.23. The molecule has 0 spiro atoms. The molecule has 4 nitrogen and oxygen atoms in total. The monoisotopic (exact) mass is 178 g/mol. The molecule has 1 aromatic heterocycles. The van der Waals surface area contributed by atoms with E-state index in [0.717, 1.165) is 0 Å². The lowest BCUT2D eigenvalue weighted by Gasteiger charge is -1.99. The molecule has 0 aliphatic rings. The maximum Gasteiger partial charge on any atom is 0.332 e. The summed E-state index contributed by atoms with van der Waals surface area (Å²) < 4.78 is 4.43. The zero-order valence-electron chi connectivity index (χ0n) is 7.23. The number of pyridine rings is 1. The molecule has 1 rings (SSSR count). The number of rotatable bonds is 2. The highest BCUT2D eigenvalue weighted by atomic mass is 16.5. The van der Waals surface area contributed by atoms with Gasteiger partial charge in [-0.05, 0) is 12.1 Å². The van der Waals surface area contributed by atoms with Gasteiger partial charge in [0.25, 0.3) is 0 Å². The van der Waals surface area contributed by atoms with Gasteiger partial charge in [-0.15, -0.1) is 0 Å². The van der Waals surface area contributed by atoms with Crippen molar-refractivity contribution in [2.24, 2.45) is 5.73 Å². The summed E-state index contributed by atoms with van der Waals surface area (Å²) in [6.45, 7) is 0. The van der Waals surface area contributed by atoms with Gasteiger partial charge in [0.2, 0.25) is 0 Å². The Kier molecular flexibility index (Phi) is 3.03. The molecule has 0 radical (unpaired) electrons. The van der Waals surface area contributed by atoms with E-state index >= 15 is 0 Å². The average Bonchev–Trinajstić information content (AvgIpc) is 2.19. The molecule has 1 aromatic rings. The first kappa shape index (κ1) is 9.25. The summed E-state index contributed by atoms with van der Waals surface area (Å²) in [6.07, 6.45) is 4.43. The van der Waals surface area contributed by atoms with Crippen molar-refractivity contribution in [1.29, 1.82) is 0 Å². The molecule has 0 aliphatic heterocycles. The van der Waals surface area contributed by atoms with Crippen LogP contribution in [0.5, 0.6) is 0 Å². The smallest absolute Gasteiger partial charge is 0.332 e. The van der Waals surface area contributed by atoms with E-state index in [-0.39, 0.29) is 0 Å². The predicted molar refractivity (Wildman–Crippen MR) is 48.4 cm³/mol. The van der Waals surface area contributed by atoms with Crippen molar-refractivity contribution in [2.75, 3.05) is 7.11 Å².